The number of benzene rings is 1. The van der Waals surface area contributed by atoms with Gasteiger partial charge in [-0.2, -0.15) is 0 Å². The highest BCUT2D eigenvalue weighted by molar-refractivity contribution is 5.68. The fourth-order valence-electron chi connectivity index (χ4n) is 1.83. The molecule has 0 bridgehead atoms. The van der Waals surface area contributed by atoms with E-state index < -0.39 is 5.82 Å². The van der Waals surface area contributed by atoms with Gasteiger partial charge < -0.3 is 20.6 Å². The Morgan fingerprint density at radius 1 is 1.42 bits per heavy atom. The van der Waals surface area contributed by atoms with Crippen molar-refractivity contribution < 1.29 is 13.9 Å². The molecule has 0 saturated carbocycles. The Balaban J connectivity index is 2.09. The zero-order valence-electron chi connectivity index (χ0n) is 11.1. The van der Waals surface area contributed by atoms with E-state index in [1.54, 1.807) is 6.07 Å². The van der Waals surface area contributed by atoms with E-state index in [-0.39, 0.29) is 5.75 Å². The average Bonchev–Trinajstić information content (AvgIpc) is 2.42. The molecule has 3 N–H and O–H groups in total. The van der Waals surface area contributed by atoms with Gasteiger partial charge in [-0.1, -0.05) is 6.92 Å². The fourth-order valence-corrected chi connectivity index (χ4v) is 1.83. The van der Waals surface area contributed by atoms with Gasteiger partial charge in [-0.05, 0) is 6.42 Å². The first-order chi connectivity index (χ1) is 9.20. The molecule has 1 aliphatic heterocycles. The second-order valence-corrected chi connectivity index (χ2v) is 4.43. The molecule has 5 nitrogen and oxygen atoms in total. The van der Waals surface area contributed by atoms with Crippen molar-refractivity contribution in [2.24, 2.45) is 0 Å². The summed E-state index contributed by atoms with van der Waals surface area (Å²) in [6.07, 6.45) is 0.829. The summed E-state index contributed by atoms with van der Waals surface area (Å²) in [6, 6.07) is 2.89. The minimum absolute atomic E-state index is 0.229. The number of nitrogens with two attached hydrogens (primary N) is 1. The molecule has 2 rings (SSSR count). The number of hydrogen-bond donors (Lipinski definition) is 2. The summed E-state index contributed by atoms with van der Waals surface area (Å²) in [5.74, 6) is -0.203. The van der Waals surface area contributed by atoms with Crippen molar-refractivity contribution in [1.29, 1.82) is 0 Å². The van der Waals surface area contributed by atoms with Crippen molar-refractivity contribution in [2.75, 3.05) is 44.1 Å². The molecule has 0 radical (unpaired) electrons. The summed E-state index contributed by atoms with van der Waals surface area (Å²) in [5.41, 5.74) is 10.0. The SMILES string of the molecule is CCCOc1cc(NN2CCOCC2)c(N)cc1F. The van der Waals surface area contributed by atoms with E-state index in [4.69, 9.17) is 15.2 Å². The Bertz CT molecular complexity index is 423. The average molecular weight is 269 g/mol. The quantitative estimate of drug-likeness (QED) is 0.799. The minimum atomic E-state index is -0.432. The third-order valence-electron chi connectivity index (χ3n) is 2.86. The van der Waals surface area contributed by atoms with Gasteiger partial charge in [0.1, 0.15) is 0 Å². The van der Waals surface area contributed by atoms with E-state index in [9.17, 15) is 4.39 Å². The van der Waals surface area contributed by atoms with Gasteiger partial charge >= 0.3 is 0 Å². The maximum Gasteiger partial charge on any atom is 0.167 e. The number of nitrogens with one attached hydrogen (secondary N) is 1. The van der Waals surface area contributed by atoms with Crippen LogP contribution in [0.4, 0.5) is 15.8 Å². The molecule has 1 aromatic rings. The van der Waals surface area contributed by atoms with Gasteiger partial charge in [0.05, 0.1) is 31.2 Å². The number of rotatable bonds is 5. The summed E-state index contributed by atoms with van der Waals surface area (Å²) < 4.78 is 24.3. The molecule has 0 aromatic heterocycles. The van der Waals surface area contributed by atoms with Crippen molar-refractivity contribution in [3.63, 3.8) is 0 Å². The van der Waals surface area contributed by atoms with Crippen molar-refractivity contribution in [2.45, 2.75) is 13.3 Å². The molecule has 1 fully saturated rings. The van der Waals surface area contributed by atoms with Gasteiger partial charge in [0, 0.05) is 25.2 Å². The summed E-state index contributed by atoms with van der Waals surface area (Å²) in [4.78, 5) is 0. The highest BCUT2D eigenvalue weighted by Gasteiger charge is 2.14. The highest BCUT2D eigenvalue weighted by Crippen LogP contribution is 2.28. The molecular formula is C13H20FN3O2. The van der Waals surface area contributed by atoms with Crippen molar-refractivity contribution in [1.82, 2.24) is 5.01 Å². The number of morpholine rings is 1. The van der Waals surface area contributed by atoms with Gasteiger partial charge in [-0.3, -0.25) is 0 Å². The number of halogens is 1. The van der Waals surface area contributed by atoms with Gasteiger partial charge in [-0.15, -0.1) is 0 Å². The predicted molar refractivity (Wildman–Crippen MR) is 72.6 cm³/mol. The van der Waals surface area contributed by atoms with E-state index in [0.29, 0.717) is 31.2 Å². The molecule has 1 heterocycles. The Morgan fingerprint density at radius 2 is 2.16 bits per heavy atom. The molecule has 6 heteroatoms. The predicted octanol–water partition coefficient (Wildman–Crippen LogP) is 1.86. The van der Waals surface area contributed by atoms with E-state index in [0.717, 1.165) is 19.5 Å². The number of anilines is 2. The van der Waals surface area contributed by atoms with Crippen LogP contribution in [0.1, 0.15) is 13.3 Å². The molecule has 1 aliphatic rings. The van der Waals surface area contributed by atoms with Crippen LogP contribution in [0.25, 0.3) is 0 Å². The van der Waals surface area contributed by atoms with E-state index >= 15 is 0 Å². The lowest BCUT2D eigenvalue weighted by Crippen LogP contribution is -2.40. The van der Waals surface area contributed by atoms with Crippen LogP contribution in [0.5, 0.6) is 5.75 Å². The van der Waals surface area contributed by atoms with Gasteiger partial charge in [-0.25, -0.2) is 9.40 Å². The number of ether oxygens (including phenoxy) is 2. The molecular weight excluding hydrogens is 249 g/mol. The zero-order valence-corrected chi connectivity index (χ0v) is 11.1. The van der Waals surface area contributed by atoms with Crippen LogP contribution in [0.2, 0.25) is 0 Å². The summed E-state index contributed by atoms with van der Waals surface area (Å²) in [6.45, 7) is 5.34. The first-order valence-electron chi connectivity index (χ1n) is 6.52. The van der Waals surface area contributed by atoms with Gasteiger partial charge in [0.25, 0.3) is 0 Å². The normalized spacial score (nSPS) is 16.3. The summed E-state index contributed by atoms with van der Waals surface area (Å²) >= 11 is 0. The van der Waals surface area contributed by atoms with Crippen LogP contribution in [-0.2, 0) is 4.74 Å². The smallest absolute Gasteiger partial charge is 0.167 e. The van der Waals surface area contributed by atoms with Crippen LogP contribution in [-0.4, -0.2) is 37.9 Å². The van der Waals surface area contributed by atoms with Crippen LogP contribution < -0.4 is 15.9 Å². The maximum atomic E-state index is 13.7. The largest absolute Gasteiger partial charge is 0.490 e. The highest BCUT2D eigenvalue weighted by atomic mass is 19.1. The third kappa shape index (κ3) is 3.71. The van der Waals surface area contributed by atoms with Crippen molar-refractivity contribution in [3.8, 4) is 5.75 Å². The molecule has 0 atom stereocenters. The summed E-state index contributed by atoms with van der Waals surface area (Å²) in [5, 5.41) is 2.00. The molecule has 0 unspecified atom stereocenters. The van der Waals surface area contributed by atoms with Gasteiger partial charge in [0.2, 0.25) is 0 Å². The monoisotopic (exact) mass is 269 g/mol. The van der Waals surface area contributed by atoms with Crippen LogP contribution in [0.3, 0.4) is 0 Å². The fraction of sp³-hybridized carbons (Fsp3) is 0.538. The van der Waals surface area contributed by atoms with Crippen LogP contribution in [0, 0.1) is 5.82 Å². The number of nitrogen functional groups attached to an aromatic ring is 1. The number of hydrogen-bond acceptors (Lipinski definition) is 5. The molecule has 0 amide bonds. The zero-order chi connectivity index (χ0) is 13.7. The Morgan fingerprint density at radius 3 is 2.84 bits per heavy atom. The lowest BCUT2D eigenvalue weighted by atomic mass is 10.2. The lowest BCUT2D eigenvalue weighted by Gasteiger charge is -2.28. The second kappa shape index (κ2) is 6.58. The lowest BCUT2D eigenvalue weighted by molar-refractivity contribution is 0.0497. The Hall–Kier alpha value is -1.53. The molecule has 0 aliphatic carbocycles. The Labute approximate surface area is 112 Å². The third-order valence-corrected chi connectivity index (χ3v) is 2.86. The molecule has 19 heavy (non-hydrogen) atoms. The van der Waals surface area contributed by atoms with Gasteiger partial charge in [0.15, 0.2) is 11.6 Å². The second-order valence-electron chi connectivity index (χ2n) is 4.43. The number of hydrazine groups is 1. The molecule has 0 spiro atoms. The van der Waals surface area contributed by atoms with Crippen molar-refractivity contribution >= 4 is 11.4 Å². The van der Waals surface area contributed by atoms with Crippen LogP contribution >= 0.6 is 0 Å². The number of nitrogens with zero attached hydrogens (tertiary/aromatic N) is 1. The first kappa shape index (κ1) is 13.9. The minimum Gasteiger partial charge on any atom is -0.490 e. The summed E-state index contributed by atoms with van der Waals surface area (Å²) in [7, 11) is 0. The topological polar surface area (TPSA) is 59.8 Å². The van der Waals surface area contributed by atoms with Crippen LogP contribution in [0.15, 0.2) is 12.1 Å². The van der Waals surface area contributed by atoms with E-state index in [1.165, 1.54) is 6.07 Å². The first-order valence-corrected chi connectivity index (χ1v) is 6.52. The Kier molecular flexibility index (Phi) is 4.81. The van der Waals surface area contributed by atoms with E-state index in [2.05, 4.69) is 5.43 Å². The standard InChI is InChI=1S/C13H20FN3O2/c1-2-5-19-13-9-12(11(15)8-10(13)14)16-17-3-6-18-7-4-17/h8-9,16H,2-7,15H2,1H3. The van der Waals surface area contributed by atoms with E-state index in [1.807, 2.05) is 11.9 Å². The molecule has 1 aromatic carbocycles. The van der Waals surface area contributed by atoms with Crippen molar-refractivity contribution in [3.05, 3.63) is 17.9 Å². The molecule has 1 saturated heterocycles. The molecule has 106 valence electrons. The maximum absolute atomic E-state index is 13.7.